The van der Waals surface area contributed by atoms with Crippen molar-refractivity contribution in [3.05, 3.63) is 18.2 Å². The van der Waals surface area contributed by atoms with Crippen LogP contribution in [-0.2, 0) is 19.5 Å². The summed E-state index contributed by atoms with van der Waals surface area (Å²) in [6.45, 7) is 9.24. The molecule has 1 aromatic rings. The molecule has 0 unspecified atom stereocenters. The normalized spacial score (nSPS) is 11.5. The molecule has 0 N–H and O–H groups in total. The first-order valence-electron chi connectivity index (χ1n) is 17.4. The molecule has 1 heterocycles. The zero-order chi connectivity index (χ0) is 26.7. The highest BCUT2D eigenvalue weighted by Crippen LogP contribution is 2.14. The summed E-state index contributed by atoms with van der Waals surface area (Å²) in [5, 5.41) is 0. The van der Waals surface area contributed by atoms with Crippen LogP contribution in [0.15, 0.2) is 12.4 Å². The van der Waals surface area contributed by atoms with Crippen molar-refractivity contribution in [1.29, 1.82) is 0 Å². The van der Waals surface area contributed by atoms with Gasteiger partial charge >= 0.3 is 0 Å². The highest BCUT2D eigenvalue weighted by Gasteiger charge is 2.15. The van der Waals surface area contributed by atoms with Gasteiger partial charge in [0.05, 0.1) is 13.1 Å². The van der Waals surface area contributed by atoms with E-state index in [0.717, 1.165) is 6.54 Å². The Kier molecular flexibility index (Phi) is 24.8. The van der Waals surface area contributed by atoms with E-state index < -0.39 is 0 Å². The van der Waals surface area contributed by atoms with Crippen molar-refractivity contribution >= 4 is 0 Å². The minimum absolute atomic E-state index is 1.11. The third-order valence-corrected chi connectivity index (χ3v) is 8.44. The molecule has 1 rings (SSSR count). The zero-order valence-electron chi connectivity index (χ0n) is 26.1. The second-order valence-corrected chi connectivity index (χ2v) is 11.9. The Bertz CT molecular complexity index is 576. The summed E-state index contributed by atoms with van der Waals surface area (Å²) in [5.74, 6) is 1.57. The molecule has 0 aliphatic carbocycles. The molecule has 0 aliphatic rings. The first-order valence-corrected chi connectivity index (χ1v) is 17.4. The lowest BCUT2D eigenvalue weighted by Crippen LogP contribution is -2.37. The molecule has 1 aromatic heterocycles. The molecule has 0 saturated carbocycles. The van der Waals surface area contributed by atoms with Gasteiger partial charge in [0.1, 0.15) is 12.4 Å². The maximum absolute atomic E-state index is 2.57. The van der Waals surface area contributed by atoms with Crippen LogP contribution in [0.25, 0.3) is 0 Å². The fourth-order valence-corrected chi connectivity index (χ4v) is 5.88. The van der Waals surface area contributed by atoms with E-state index >= 15 is 0 Å². The first kappa shape index (κ1) is 34.2. The van der Waals surface area contributed by atoms with E-state index in [0.29, 0.717) is 0 Å². The van der Waals surface area contributed by atoms with Gasteiger partial charge in [-0.25, -0.2) is 9.13 Å². The summed E-state index contributed by atoms with van der Waals surface area (Å²) >= 11 is 0. The van der Waals surface area contributed by atoms with Crippen molar-refractivity contribution in [2.75, 3.05) is 0 Å². The Hall–Kier alpha value is -0.790. The minimum atomic E-state index is 1.11. The predicted octanol–water partition coefficient (Wildman–Crippen LogP) is 11.5. The SMILES string of the molecule is CCCCCCCCCCCCCCCCC[n+]1ccn(CC)c1CCCCCCCCCCCCC. The van der Waals surface area contributed by atoms with Crippen molar-refractivity contribution in [2.45, 2.75) is 207 Å². The van der Waals surface area contributed by atoms with Gasteiger partial charge in [0.25, 0.3) is 5.82 Å². The van der Waals surface area contributed by atoms with Gasteiger partial charge in [0.2, 0.25) is 0 Å². The Labute approximate surface area is 234 Å². The summed E-state index contributed by atoms with van der Waals surface area (Å²) < 4.78 is 5.06. The summed E-state index contributed by atoms with van der Waals surface area (Å²) in [7, 11) is 0. The largest absolute Gasteiger partial charge is 0.256 e. The Balaban J connectivity index is 2.00. The fourth-order valence-electron chi connectivity index (χ4n) is 5.88. The third kappa shape index (κ3) is 19.9. The molecule has 218 valence electrons. The fraction of sp³-hybridized carbons (Fsp3) is 0.914. The van der Waals surface area contributed by atoms with Crippen LogP contribution in [-0.4, -0.2) is 4.57 Å². The van der Waals surface area contributed by atoms with Crippen LogP contribution in [0, 0.1) is 0 Å². The average Bonchev–Trinajstić information content (AvgIpc) is 3.31. The molecule has 0 saturated heterocycles. The number of nitrogens with zero attached hydrogens (tertiary/aromatic N) is 2. The number of hydrogen-bond donors (Lipinski definition) is 0. The third-order valence-electron chi connectivity index (χ3n) is 8.44. The summed E-state index contributed by atoms with van der Waals surface area (Å²) in [6.07, 6.45) is 43.3. The molecule has 0 aliphatic heterocycles. The molecule has 0 bridgehead atoms. The van der Waals surface area contributed by atoms with Crippen molar-refractivity contribution < 1.29 is 4.57 Å². The zero-order valence-corrected chi connectivity index (χ0v) is 26.1. The Morgan fingerprint density at radius 1 is 0.459 bits per heavy atom. The number of unbranched alkanes of at least 4 members (excludes halogenated alkanes) is 24. The van der Waals surface area contributed by atoms with Gasteiger partial charge in [0, 0.05) is 6.42 Å². The lowest BCUT2D eigenvalue weighted by molar-refractivity contribution is -0.704. The molecule has 0 spiro atoms. The van der Waals surface area contributed by atoms with Crippen molar-refractivity contribution in [2.24, 2.45) is 0 Å². The van der Waals surface area contributed by atoms with Gasteiger partial charge < -0.3 is 0 Å². The van der Waals surface area contributed by atoms with Crippen molar-refractivity contribution in [3.63, 3.8) is 0 Å². The highest BCUT2D eigenvalue weighted by atomic mass is 15.1. The summed E-state index contributed by atoms with van der Waals surface area (Å²) in [5.41, 5.74) is 0. The van der Waals surface area contributed by atoms with E-state index in [1.54, 1.807) is 5.82 Å². The van der Waals surface area contributed by atoms with E-state index in [1.165, 1.54) is 180 Å². The van der Waals surface area contributed by atoms with E-state index in [-0.39, 0.29) is 0 Å². The van der Waals surface area contributed by atoms with E-state index in [2.05, 4.69) is 42.3 Å². The number of rotatable bonds is 29. The van der Waals surface area contributed by atoms with Crippen LogP contribution >= 0.6 is 0 Å². The lowest BCUT2D eigenvalue weighted by atomic mass is 10.0. The van der Waals surface area contributed by atoms with Crippen LogP contribution < -0.4 is 4.57 Å². The summed E-state index contributed by atoms with van der Waals surface area (Å²) in [4.78, 5) is 0. The number of aryl methyl sites for hydroxylation is 2. The smallest absolute Gasteiger partial charge is 0.235 e. The van der Waals surface area contributed by atoms with E-state index in [4.69, 9.17) is 0 Å². The molecule has 0 amide bonds. The van der Waals surface area contributed by atoms with Crippen LogP contribution in [0.5, 0.6) is 0 Å². The van der Waals surface area contributed by atoms with Crippen molar-refractivity contribution in [3.8, 4) is 0 Å². The van der Waals surface area contributed by atoms with Gasteiger partial charge in [-0.15, -0.1) is 0 Å². The molecular formula is C35H69N2+. The molecule has 2 nitrogen and oxygen atoms in total. The van der Waals surface area contributed by atoms with Gasteiger partial charge in [-0.2, -0.15) is 0 Å². The summed E-state index contributed by atoms with van der Waals surface area (Å²) in [6, 6.07) is 0. The van der Waals surface area contributed by atoms with Gasteiger partial charge in [0.15, 0.2) is 0 Å². The standard InChI is InChI=1S/C35H69N2/c1-4-7-9-11-13-15-17-18-19-20-22-24-26-28-30-32-37-34-33-36(6-3)35(37)31-29-27-25-23-21-16-14-12-10-8-5-2/h33-34H,4-32H2,1-3H3/q+1. The van der Waals surface area contributed by atoms with Gasteiger partial charge in [-0.3, -0.25) is 0 Å². The average molecular weight is 518 g/mol. The van der Waals surface area contributed by atoms with Gasteiger partial charge in [-0.05, 0) is 26.2 Å². The van der Waals surface area contributed by atoms with Crippen LogP contribution in [0.2, 0.25) is 0 Å². The van der Waals surface area contributed by atoms with E-state index in [9.17, 15) is 0 Å². The minimum Gasteiger partial charge on any atom is -0.235 e. The van der Waals surface area contributed by atoms with Crippen LogP contribution in [0.1, 0.15) is 194 Å². The van der Waals surface area contributed by atoms with Crippen molar-refractivity contribution in [1.82, 2.24) is 4.57 Å². The molecule has 2 heteroatoms. The number of hydrogen-bond acceptors (Lipinski definition) is 0. The molecule has 0 fully saturated rings. The maximum Gasteiger partial charge on any atom is 0.256 e. The molecule has 37 heavy (non-hydrogen) atoms. The topological polar surface area (TPSA) is 8.81 Å². The molecule has 0 atom stereocenters. The maximum atomic E-state index is 2.57. The second-order valence-electron chi connectivity index (χ2n) is 11.9. The number of aromatic nitrogens is 2. The second kappa shape index (κ2) is 26.8. The van der Waals surface area contributed by atoms with E-state index in [1.807, 2.05) is 0 Å². The molecule has 0 aromatic carbocycles. The molecular weight excluding hydrogens is 448 g/mol. The first-order chi connectivity index (χ1) is 18.3. The Morgan fingerprint density at radius 2 is 0.811 bits per heavy atom. The van der Waals surface area contributed by atoms with Crippen LogP contribution in [0.3, 0.4) is 0 Å². The van der Waals surface area contributed by atoms with Gasteiger partial charge in [-0.1, -0.05) is 162 Å². The predicted molar refractivity (Wildman–Crippen MR) is 165 cm³/mol. The Morgan fingerprint density at radius 3 is 1.19 bits per heavy atom. The lowest BCUT2D eigenvalue weighted by Gasteiger charge is -2.06. The molecule has 0 radical (unpaired) electrons. The quantitative estimate of drug-likeness (QED) is 0.0737. The number of imidazole rings is 1. The highest BCUT2D eigenvalue weighted by molar-refractivity contribution is 4.83. The van der Waals surface area contributed by atoms with Crippen LogP contribution in [0.4, 0.5) is 0 Å². The monoisotopic (exact) mass is 518 g/mol.